The number of carbonyl (C=O) groups is 1. The lowest BCUT2D eigenvalue weighted by atomic mass is 9.85. The number of benzene rings is 2. The van der Waals surface area contributed by atoms with Gasteiger partial charge in [-0.05, 0) is 59.9 Å². The van der Waals surface area contributed by atoms with Crippen molar-refractivity contribution in [3.8, 4) is 0 Å². The van der Waals surface area contributed by atoms with Gasteiger partial charge >= 0.3 is 6.03 Å². The first kappa shape index (κ1) is 19.4. The highest BCUT2D eigenvalue weighted by molar-refractivity contribution is 5.89. The fraction of sp³-hybridized carbons (Fsp3) is 0.435. The number of piperidine rings is 1. The van der Waals surface area contributed by atoms with E-state index in [4.69, 9.17) is 0 Å². The van der Waals surface area contributed by atoms with Crippen LogP contribution in [0.5, 0.6) is 0 Å². The van der Waals surface area contributed by atoms with E-state index in [2.05, 4.69) is 50.4 Å². The van der Waals surface area contributed by atoms with Gasteiger partial charge in [-0.3, -0.25) is 0 Å². The van der Waals surface area contributed by atoms with Crippen molar-refractivity contribution in [1.82, 2.24) is 4.90 Å². The van der Waals surface area contributed by atoms with Crippen molar-refractivity contribution >= 4 is 11.7 Å². The topological polar surface area (TPSA) is 32.3 Å². The van der Waals surface area contributed by atoms with Gasteiger partial charge in [-0.1, -0.05) is 51.1 Å². The number of amides is 2. The molecule has 0 atom stereocenters. The Kier molecular flexibility index (Phi) is 5.83. The van der Waals surface area contributed by atoms with Crippen LogP contribution in [0, 0.1) is 11.7 Å². The van der Waals surface area contributed by atoms with E-state index in [0.717, 1.165) is 32.4 Å². The van der Waals surface area contributed by atoms with Gasteiger partial charge in [0.25, 0.3) is 0 Å². The van der Waals surface area contributed by atoms with Crippen molar-refractivity contribution in [1.29, 1.82) is 0 Å². The number of likely N-dealkylation sites (tertiary alicyclic amines) is 1. The third-order valence-electron chi connectivity index (χ3n) is 5.32. The van der Waals surface area contributed by atoms with E-state index in [9.17, 15) is 9.18 Å². The Labute approximate surface area is 161 Å². The zero-order valence-electron chi connectivity index (χ0n) is 16.5. The molecule has 3 rings (SSSR count). The van der Waals surface area contributed by atoms with Crippen LogP contribution in [0.2, 0.25) is 0 Å². The zero-order valence-corrected chi connectivity index (χ0v) is 16.5. The van der Waals surface area contributed by atoms with Gasteiger partial charge in [0, 0.05) is 18.8 Å². The molecule has 144 valence electrons. The second kappa shape index (κ2) is 8.12. The predicted molar refractivity (Wildman–Crippen MR) is 109 cm³/mol. The van der Waals surface area contributed by atoms with Crippen molar-refractivity contribution < 1.29 is 9.18 Å². The van der Waals surface area contributed by atoms with Crippen molar-refractivity contribution in [2.45, 2.75) is 45.4 Å². The molecule has 0 bridgehead atoms. The average Bonchev–Trinajstić information content (AvgIpc) is 2.62. The third-order valence-corrected chi connectivity index (χ3v) is 5.32. The number of anilines is 1. The number of hydrogen-bond acceptors (Lipinski definition) is 1. The van der Waals surface area contributed by atoms with E-state index in [-0.39, 0.29) is 17.3 Å². The average molecular weight is 368 g/mol. The fourth-order valence-electron chi connectivity index (χ4n) is 3.58. The Morgan fingerprint density at radius 1 is 1.11 bits per heavy atom. The normalized spacial score (nSPS) is 15.6. The molecule has 0 radical (unpaired) electrons. The highest BCUT2D eigenvalue weighted by atomic mass is 19.1. The highest BCUT2D eigenvalue weighted by Crippen LogP contribution is 2.25. The number of rotatable bonds is 3. The summed E-state index contributed by atoms with van der Waals surface area (Å²) < 4.78 is 13.2. The van der Waals surface area contributed by atoms with Crippen LogP contribution in [0.3, 0.4) is 0 Å². The largest absolute Gasteiger partial charge is 0.325 e. The molecule has 27 heavy (non-hydrogen) atoms. The summed E-state index contributed by atoms with van der Waals surface area (Å²) >= 11 is 0. The molecular formula is C23H29FN2O. The summed E-state index contributed by atoms with van der Waals surface area (Å²) in [6.07, 6.45) is 3.05. The van der Waals surface area contributed by atoms with E-state index in [1.54, 1.807) is 12.1 Å². The molecule has 0 saturated carbocycles. The number of carbonyl (C=O) groups excluding carboxylic acids is 1. The van der Waals surface area contributed by atoms with Crippen molar-refractivity contribution in [3.63, 3.8) is 0 Å². The summed E-state index contributed by atoms with van der Waals surface area (Å²) in [6, 6.07) is 14.8. The zero-order chi connectivity index (χ0) is 19.4. The smallest absolute Gasteiger partial charge is 0.321 e. The molecular weight excluding hydrogens is 339 g/mol. The summed E-state index contributed by atoms with van der Waals surface area (Å²) in [5, 5.41) is 2.78. The molecule has 1 fully saturated rings. The molecule has 1 aliphatic rings. The first-order valence-corrected chi connectivity index (χ1v) is 9.72. The predicted octanol–water partition coefficient (Wildman–Crippen LogP) is 5.61. The van der Waals surface area contributed by atoms with E-state index < -0.39 is 0 Å². The highest BCUT2D eigenvalue weighted by Gasteiger charge is 2.23. The first-order chi connectivity index (χ1) is 12.8. The van der Waals surface area contributed by atoms with E-state index in [0.29, 0.717) is 11.6 Å². The lowest BCUT2D eigenvalue weighted by molar-refractivity contribution is 0.182. The number of hydrogen-bond donors (Lipinski definition) is 1. The Bertz CT molecular complexity index is 772. The van der Waals surface area contributed by atoms with Crippen molar-refractivity contribution in [3.05, 3.63) is 65.5 Å². The summed E-state index contributed by atoms with van der Waals surface area (Å²) in [6.45, 7) is 8.17. The second-order valence-electron chi connectivity index (χ2n) is 8.52. The van der Waals surface area contributed by atoms with Gasteiger partial charge in [0.2, 0.25) is 0 Å². The molecule has 0 unspecified atom stereocenters. The Morgan fingerprint density at radius 3 is 2.37 bits per heavy atom. The van der Waals surface area contributed by atoms with Crippen LogP contribution in [-0.4, -0.2) is 24.0 Å². The maximum atomic E-state index is 13.2. The van der Waals surface area contributed by atoms with Gasteiger partial charge in [0.15, 0.2) is 0 Å². The fourth-order valence-corrected chi connectivity index (χ4v) is 3.58. The molecule has 2 amide bonds. The number of halogens is 1. The number of urea groups is 1. The standard InChI is InChI=1S/C23H29FN2O/c1-23(2,3)19-9-7-17(8-10-19)15-18-11-13-26(14-12-18)22(27)25-21-6-4-5-20(24)16-21/h4-10,16,18H,11-15H2,1-3H3,(H,25,27). The summed E-state index contributed by atoms with van der Waals surface area (Å²) in [7, 11) is 0. The van der Waals surface area contributed by atoms with Crippen molar-refractivity contribution in [2.24, 2.45) is 5.92 Å². The molecule has 1 aliphatic heterocycles. The summed E-state index contributed by atoms with van der Waals surface area (Å²) in [5.74, 6) is 0.257. The number of nitrogens with zero attached hydrogens (tertiary/aromatic N) is 1. The van der Waals surface area contributed by atoms with Gasteiger partial charge in [0.1, 0.15) is 5.82 Å². The molecule has 1 saturated heterocycles. The Morgan fingerprint density at radius 2 is 1.78 bits per heavy atom. The molecule has 1 N–H and O–H groups in total. The Balaban J connectivity index is 1.49. The van der Waals surface area contributed by atoms with E-state index in [1.165, 1.54) is 23.3 Å². The lowest BCUT2D eigenvalue weighted by Crippen LogP contribution is -2.41. The van der Waals surface area contributed by atoms with E-state index >= 15 is 0 Å². The second-order valence-corrected chi connectivity index (χ2v) is 8.52. The van der Waals surface area contributed by atoms with Gasteiger partial charge in [-0.2, -0.15) is 0 Å². The van der Waals surface area contributed by atoms with Crippen LogP contribution in [0.1, 0.15) is 44.7 Å². The SMILES string of the molecule is CC(C)(C)c1ccc(CC2CCN(C(=O)Nc3cccc(F)c3)CC2)cc1. The van der Waals surface area contributed by atoms with Crippen LogP contribution < -0.4 is 5.32 Å². The van der Waals surface area contributed by atoms with Crippen LogP contribution in [0.15, 0.2) is 48.5 Å². The molecule has 2 aromatic rings. The molecule has 3 nitrogen and oxygen atoms in total. The van der Waals surface area contributed by atoms with Gasteiger partial charge in [0.05, 0.1) is 0 Å². The minimum Gasteiger partial charge on any atom is -0.325 e. The minimum atomic E-state index is -0.344. The molecule has 2 aromatic carbocycles. The van der Waals surface area contributed by atoms with Crippen LogP contribution >= 0.6 is 0 Å². The third kappa shape index (κ3) is 5.31. The maximum Gasteiger partial charge on any atom is 0.321 e. The molecule has 0 aliphatic carbocycles. The first-order valence-electron chi connectivity index (χ1n) is 9.72. The van der Waals surface area contributed by atoms with Crippen molar-refractivity contribution in [2.75, 3.05) is 18.4 Å². The quantitative estimate of drug-likeness (QED) is 0.750. The summed E-state index contributed by atoms with van der Waals surface area (Å²) in [4.78, 5) is 14.2. The van der Waals surface area contributed by atoms with Gasteiger partial charge in [-0.15, -0.1) is 0 Å². The van der Waals surface area contributed by atoms with Gasteiger partial charge < -0.3 is 10.2 Å². The molecule has 1 heterocycles. The molecule has 0 aromatic heterocycles. The number of nitrogens with one attached hydrogen (secondary N) is 1. The van der Waals surface area contributed by atoms with Crippen LogP contribution in [0.25, 0.3) is 0 Å². The van der Waals surface area contributed by atoms with Crippen LogP contribution in [-0.2, 0) is 11.8 Å². The minimum absolute atomic E-state index is 0.145. The molecule has 0 spiro atoms. The summed E-state index contributed by atoms with van der Waals surface area (Å²) in [5.41, 5.74) is 3.40. The maximum absolute atomic E-state index is 13.2. The van der Waals surface area contributed by atoms with Crippen LogP contribution in [0.4, 0.5) is 14.9 Å². The monoisotopic (exact) mass is 368 g/mol. The molecule has 4 heteroatoms. The Hall–Kier alpha value is -2.36. The van der Waals surface area contributed by atoms with E-state index in [1.807, 2.05) is 4.90 Å². The lowest BCUT2D eigenvalue weighted by Gasteiger charge is -2.32. The van der Waals surface area contributed by atoms with Gasteiger partial charge in [-0.25, -0.2) is 9.18 Å².